The van der Waals surface area contributed by atoms with Crippen LogP contribution in [0.1, 0.15) is 12.5 Å². The van der Waals surface area contributed by atoms with Crippen molar-refractivity contribution in [2.24, 2.45) is 0 Å². The van der Waals surface area contributed by atoms with Gasteiger partial charge in [0.15, 0.2) is 0 Å². The summed E-state index contributed by atoms with van der Waals surface area (Å²) < 4.78 is 21.9. The number of aromatic nitrogens is 3. The van der Waals surface area contributed by atoms with Gasteiger partial charge in [0.1, 0.15) is 11.5 Å². The van der Waals surface area contributed by atoms with Gasteiger partial charge in [-0.3, -0.25) is 0 Å². The molecule has 2 aromatic carbocycles. The van der Waals surface area contributed by atoms with Gasteiger partial charge in [0, 0.05) is 17.0 Å². The fraction of sp³-hybridized carbons (Fsp3) is 0.227. The van der Waals surface area contributed by atoms with Gasteiger partial charge < -0.3 is 18.7 Å². The zero-order valence-electron chi connectivity index (χ0n) is 16.7. The highest BCUT2D eigenvalue weighted by Crippen LogP contribution is 2.33. The van der Waals surface area contributed by atoms with Crippen LogP contribution in [0, 0.1) is 6.92 Å². The number of methoxy groups -OCH3 is 2. The lowest BCUT2D eigenvalue weighted by Crippen LogP contribution is -1.98. The fourth-order valence-electron chi connectivity index (χ4n) is 3.07. The third-order valence-corrected chi connectivity index (χ3v) is 4.48. The molecule has 4 aromatic rings. The number of rotatable bonds is 6. The summed E-state index contributed by atoms with van der Waals surface area (Å²) >= 11 is 0. The molecule has 7 nitrogen and oxygen atoms in total. The first-order chi connectivity index (χ1) is 14.1. The first kappa shape index (κ1) is 18.7. The van der Waals surface area contributed by atoms with E-state index in [2.05, 4.69) is 21.2 Å². The maximum Gasteiger partial charge on any atom is 0.258 e. The highest BCUT2D eigenvalue weighted by molar-refractivity contribution is 5.85. The van der Waals surface area contributed by atoms with Crippen molar-refractivity contribution >= 4 is 10.9 Å². The van der Waals surface area contributed by atoms with E-state index in [1.54, 1.807) is 20.3 Å². The topological polar surface area (TPSA) is 79.5 Å². The van der Waals surface area contributed by atoms with Crippen molar-refractivity contribution in [2.45, 2.75) is 13.8 Å². The highest BCUT2D eigenvalue weighted by atomic mass is 16.5. The van der Waals surface area contributed by atoms with Crippen LogP contribution in [-0.4, -0.2) is 36.0 Å². The molecule has 0 N–H and O–H groups in total. The van der Waals surface area contributed by atoms with Crippen LogP contribution in [0.3, 0.4) is 0 Å². The molecule has 148 valence electrons. The molecule has 0 aliphatic rings. The van der Waals surface area contributed by atoms with Crippen molar-refractivity contribution < 1.29 is 18.7 Å². The standard InChI is InChI=1S/C22H21N3O4/c1-5-28-22-18(11-14-8-13(2)6-7-19(14)23-22)20-24-21(29-25-20)15-9-16(26-3)12-17(10-15)27-4/h6-12H,5H2,1-4H3. The molecule has 0 fully saturated rings. The Morgan fingerprint density at radius 3 is 2.38 bits per heavy atom. The van der Waals surface area contributed by atoms with E-state index in [4.69, 9.17) is 18.7 Å². The van der Waals surface area contributed by atoms with Crippen LogP contribution in [0.5, 0.6) is 17.4 Å². The Labute approximate surface area is 168 Å². The molecule has 0 saturated heterocycles. The molecule has 2 aromatic heterocycles. The Hall–Kier alpha value is -3.61. The number of aryl methyl sites for hydroxylation is 1. The van der Waals surface area contributed by atoms with Crippen molar-refractivity contribution in [3.8, 4) is 40.2 Å². The van der Waals surface area contributed by atoms with E-state index in [1.807, 2.05) is 44.2 Å². The molecule has 4 rings (SSSR count). The number of hydrogen-bond acceptors (Lipinski definition) is 7. The lowest BCUT2D eigenvalue weighted by atomic mass is 10.1. The van der Waals surface area contributed by atoms with E-state index < -0.39 is 0 Å². The normalized spacial score (nSPS) is 10.9. The van der Waals surface area contributed by atoms with Gasteiger partial charge in [0.25, 0.3) is 5.89 Å². The highest BCUT2D eigenvalue weighted by Gasteiger charge is 2.18. The first-order valence-corrected chi connectivity index (χ1v) is 9.23. The molecule has 0 saturated carbocycles. The molecule has 0 aliphatic carbocycles. The van der Waals surface area contributed by atoms with Crippen molar-refractivity contribution in [3.63, 3.8) is 0 Å². The number of hydrogen-bond donors (Lipinski definition) is 0. The summed E-state index contributed by atoms with van der Waals surface area (Å²) in [4.78, 5) is 9.20. The van der Waals surface area contributed by atoms with Gasteiger partial charge in [-0.1, -0.05) is 16.8 Å². The summed E-state index contributed by atoms with van der Waals surface area (Å²) in [5, 5.41) is 5.14. The molecular weight excluding hydrogens is 370 g/mol. The van der Waals surface area contributed by atoms with Crippen LogP contribution in [-0.2, 0) is 0 Å². The van der Waals surface area contributed by atoms with Crippen LogP contribution in [0.2, 0.25) is 0 Å². The Morgan fingerprint density at radius 2 is 1.69 bits per heavy atom. The first-order valence-electron chi connectivity index (χ1n) is 9.23. The molecule has 0 spiro atoms. The predicted molar refractivity (Wildman–Crippen MR) is 109 cm³/mol. The second-order valence-corrected chi connectivity index (χ2v) is 6.49. The van der Waals surface area contributed by atoms with Crippen LogP contribution in [0.4, 0.5) is 0 Å². The summed E-state index contributed by atoms with van der Waals surface area (Å²) in [5.74, 6) is 2.50. The van der Waals surface area contributed by atoms with Crippen LogP contribution in [0.25, 0.3) is 33.7 Å². The lowest BCUT2D eigenvalue weighted by molar-refractivity contribution is 0.329. The second-order valence-electron chi connectivity index (χ2n) is 6.49. The van der Waals surface area contributed by atoms with Crippen molar-refractivity contribution in [3.05, 3.63) is 48.0 Å². The van der Waals surface area contributed by atoms with E-state index in [1.165, 1.54) is 0 Å². The number of pyridine rings is 1. The van der Waals surface area contributed by atoms with E-state index in [9.17, 15) is 0 Å². The molecule has 2 heterocycles. The lowest BCUT2D eigenvalue weighted by Gasteiger charge is -2.08. The van der Waals surface area contributed by atoms with Gasteiger partial charge in [0.05, 0.1) is 31.9 Å². The smallest absolute Gasteiger partial charge is 0.258 e. The van der Waals surface area contributed by atoms with Crippen molar-refractivity contribution in [1.29, 1.82) is 0 Å². The third-order valence-electron chi connectivity index (χ3n) is 4.48. The van der Waals surface area contributed by atoms with Gasteiger partial charge in [-0.25, -0.2) is 4.98 Å². The summed E-state index contributed by atoms with van der Waals surface area (Å²) in [6.07, 6.45) is 0. The number of benzene rings is 2. The summed E-state index contributed by atoms with van der Waals surface area (Å²) in [6, 6.07) is 13.4. The number of fused-ring (bicyclic) bond motifs is 1. The van der Waals surface area contributed by atoms with E-state index in [-0.39, 0.29) is 0 Å². The zero-order chi connectivity index (χ0) is 20.4. The molecule has 0 amide bonds. The molecule has 0 bridgehead atoms. The Kier molecular flexibility index (Phi) is 5.03. The van der Waals surface area contributed by atoms with Gasteiger partial charge in [-0.05, 0) is 44.2 Å². The SMILES string of the molecule is CCOc1nc2ccc(C)cc2cc1-c1noc(-c2cc(OC)cc(OC)c2)n1. The molecule has 0 radical (unpaired) electrons. The molecule has 0 aliphatic heterocycles. The Balaban J connectivity index is 1.81. The minimum absolute atomic E-state index is 0.351. The quantitative estimate of drug-likeness (QED) is 0.472. The summed E-state index contributed by atoms with van der Waals surface area (Å²) in [7, 11) is 3.18. The van der Waals surface area contributed by atoms with E-state index in [0.29, 0.717) is 46.8 Å². The largest absolute Gasteiger partial charge is 0.497 e. The Morgan fingerprint density at radius 1 is 0.931 bits per heavy atom. The second kappa shape index (κ2) is 7.79. The summed E-state index contributed by atoms with van der Waals surface area (Å²) in [5.41, 5.74) is 3.37. The average molecular weight is 391 g/mol. The van der Waals surface area contributed by atoms with Crippen LogP contribution in [0.15, 0.2) is 47.0 Å². The van der Waals surface area contributed by atoms with Gasteiger partial charge in [0.2, 0.25) is 11.7 Å². The minimum Gasteiger partial charge on any atom is -0.497 e. The molecule has 7 heteroatoms. The van der Waals surface area contributed by atoms with Crippen LogP contribution >= 0.6 is 0 Å². The fourth-order valence-corrected chi connectivity index (χ4v) is 3.07. The van der Waals surface area contributed by atoms with Crippen molar-refractivity contribution in [2.75, 3.05) is 20.8 Å². The predicted octanol–water partition coefficient (Wildman–Crippen LogP) is 4.68. The van der Waals surface area contributed by atoms with Gasteiger partial charge in [-0.2, -0.15) is 4.98 Å². The molecule has 0 unspecified atom stereocenters. The summed E-state index contributed by atoms with van der Waals surface area (Å²) in [6.45, 7) is 4.43. The van der Waals surface area contributed by atoms with Crippen molar-refractivity contribution in [1.82, 2.24) is 15.1 Å². The average Bonchev–Trinajstić information content (AvgIpc) is 3.23. The van der Waals surface area contributed by atoms with Crippen LogP contribution < -0.4 is 14.2 Å². The molecule has 0 atom stereocenters. The zero-order valence-corrected chi connectivity index (χ0v) is 16.7. The maximum absolute atomic E-state index is 5.74. The van der Waals surface area contributed by atoms with E-state index >= 15 is 0 Å². The number of ether oxygens (including phenoxy) is 3. The molecule has 29 heavy (non-hydrogen) atoms. The number of nitrogens with zero attached hydrogens (tertiary/aromatic N) is 3. The minimum atomic E-state index is 0.351. The maximum atomic E-state index is 5.74. The van der Waals surface area contributed by atoms with Gasteiger partial charge >= 0.3 is 0 Å². The van der Waals surface area contributed by atoms with E-state index in [0.717, 1.165) is 16.5 Å². The molecular formula is C22H21N3O4. The van der Waals surface area contributed by atoms with Gasteiger partial charge in [-0.15, -0.1) is 0 Å². The monoisotopic (exact) mass is 391 g/mol. The Bertz CT molecular complexity index is 1150. The third kappa shape index (κ3) is 3.71.